The van der Waals surface area contributed by atoms with E-state index in [1.807, 2.05) is 4.90 Å². The third-order valence-electron chi connectivity index (χ3n) is 4.87. The van der Waals surface area contributed by atoms with Crippen molar-refractivity contribution >= 4 is 21.6 Å². The average molecular weight is 406 g/mol. The van der Waals surface area contributed by atoms with Crippen LogP contribution in [0.1, 0.15) is 43.0 Å². The maximum Gasteiger partial charge on any atom is 0.259 e. The van der Waals surface area contributed by atoms with Gasteiger partial charge >= 0.3 is 0 Å². The zero-order valence-corrected chi connectivity index (χ0v) is 17.7. The summed E-state index contributed by atoms with van der Waals surface area (Å²) in [5.74, 6) is 1.07. The van der Waals surface area contributed by atoms with Gasteiger partial charge in [-0.1, -0.05) is 19.9 Å². The molecule has 154 valence electrons. The Hall–Kier alpha value is -1.54. The molecule has 0 radical (unpaired) electrons. The Kier molecular flexibility index (Phi) is 7.40. The van der Waals surface area contributed by atoms with Crippen molar-refractivity contribution in [3.63, 3.8) is 0 Å². The largest absolute Gasteiger partial charge is 0.389 e. The SMILES string of the molecule is C=CCN(Cc1nc2sc3c(c2c(=O)[nH]1)CCCC3)C[C@@H](O)COCC(C)C. The Labute approximate surface area is 170 Å². The molecule has 6 nitrogen and oxygen atoms in total. The predicted octanol–water partition coefficient (Wildman–Crippen LogP) is 2.88. The summed E-state index contributed by atoms with van der Waals surface area (Å²) in [7, 11) is 0. The number of thiophene rings is 1. The maximum absolute atomic E-state index is 12.7. The van der Waals surface area contributed by atoms with Crippen LogP contribution in [-0.4, -0.2) is 52.4 Å². The monoisotopic (exact) mass is 405 g/mol. The summed E-state index contributed by atoms with van der Waals surface area (Å²) in [6, 6.07) is 0. The molecule has 28 heavy (non-hydrogen) atoms. The first-order valence-corrected chi connectivity index (χ1v) is 10.9. The minimum atomic E-state index is -0.594. The molecule has 2 aromatic rings. The minimum Gasteiger partial charge on any atom is -0.389 e. The summed E-state index contributed by atoms with van der Waals surface area (Å²) in [5.41, 5.74) is 1.16. The summed E-state index contributed by atoms with van der Waals surface area (Å²) < 4.78 is 5.54. The van der Waals surface area contributed by atoms with Crippen LogP contribution in [0.15, 0.2) is 17.4 Å². The van der Waals surface area contributed by atoms with E-state index < -0.39 is 6.10 Å². The Morgan fingerprint density at radius 1 is 1.36 bits per heavy atom. The standard InChI is InChI=1S/C21H31N3O3S/c1-4-9-24(10-15(25)13-27-12-14(2)3)11-18-22-20(26)19-16-7-5-6-8-17(16)28-21(19)23-18/h4,14-15,25H,1,5-13H2,2-3H3,(H,22,23,26)/t15-/m1/s1. The number of aliphatic hydroxyl groups is 1. The number of rotatable bonds is 10. The van der Waals surface area contributed by atoms with E-state index in [-0.39, 0.29) is 5.56 Å². The second kappa shape index (κ2) is 9.78. The first-order valence-electron chi connectivity index (χ1n) is 10.1. The molecule has 1 aliphatic rings. The number of aliphatic hydroxyl groups excluding tert-OH is 1. The van der Waals surface area contributed by atoms with E-state index in [1.165, 1.54) is 16.9 Å². The lowest BCUT2D eigenvalue weighted by molar-refractivity contribution is 0.00837. The highest BCUT2D eigenvalue weighted by atomic mass is 32.1. The molecule has 0 spiro atoms. The van der Waals surface area contributed by atoms with Crippen LogP contribution in [0.5, 0.6) is 0 Å². The first kappa shape index (κ1) is 21.2. The van der Waals surface area contributed by atoms with Crippen LogP contribution in [0.3, 0.4) is 0 Å². The minimum absolute atomic E-state index is 0.0428. The van der Waals surface area contributed by atoms with E-state index in [9.17, 15) is 9.90 Å². The second-order valence-electron chi connectivity index (χ2n) is 7.97. The van der Waals surface area contributed by atoms with Gasteiger partial charge in [-0.2, -0.15) is 0 Å². The van der Waals surface area contributed by atoms with Crippen molar-refractivity contribution in [2.24, 2.45) is 5.92 Å². The molecular weight excluding hydrogens is 374 g/mol. The van der Waals surface area contributed by atoms with Crippen LogP contribution in [0.25, 0.3) is 10.2 Å². The van der Waals surface area contributed by atoms with Crippen LogP contribution in [0.2, 0.25) is 0 Å². The molecule has 1 atom stereocenters. The topological polar surface area (TPSA) is 78.5 Å². The number of hydrogen-bond acceptors (Lipinski definition) is 6. The number of aryl methyl sites for hydroxylation is 2. The molecule has 0 bridgehead atoms. The van der Waals surface area contributed by atoms with E-state index >= 15 is 0 Å². The summed E-state index contributed by atoms with van der Waals surface area (Å²) >= 11 is 1.66. The molecule has 0 saturated carbocycles. The van der Waals surface area contributed by atoms with Gasteiger partial charge < -0.3 is 14.8 Å². The van der Waals surface area contributed by atoms with E-state index in [0.717, 1.165) is 29.5 Å². The highest BCUT2D eigenvalue weighted by molar-refractivity contribution is 7.18. The van der Waals surface area contributed by atoms with Crippen molar-refractivity contribution in [3.8, 4) is 0 Å². The lowest BCUT2D eigenvalue weighted by Gasteiger charge is -2.23. The number of H-pyrrole nitrogens is 1. The smallest absolute Gasteiger partial charge is 0.259 e. The fraction of sp³-hybridized carbons (Fsp3) is 0.619. The summed E-state index contributed by atoms with van der Waals surface area (Å²) in [6.07, 6.45) is 5.56. The predicted molar refractivity (Wildman–Crippen MR) is 114 cm³/mol. The zero-order valence-electron chi connectivity index (χ0n) is 16.9. The molecule has 0 amide bonds. The Morgan fingerprint density at radius 2 is 2.14 bits per heavy atom. The fourth-order valence-electron chi connectivity index (χ4n) is 3.67. The lowest BCUT2D eigenvalue weighted by atomic mass is 9.97. The highest BCUT2D eigenvalue weighted by Crippen LogP contribution is 2.33. The lowest BCUT2D eigenvalue weighted by Crippen LogP contribution is -2.35. The van der Waals surface area contributed by atoms with Crippen molar-refractivity contribution in [2.45, 2.75) is 52.2 Å². The van der Waals surface area contributed by atoms with Gasteiger partial charge in [0.2, 0.25) is 0 Å². The number of fused-ring (bicyclic) bond motifs is 3. The van der Waals surface area contributed by atoms with Gasteiger partial charge in [-0.05, 0) is 37.2 Å². The number of aromatic nitrogens is 2. The molecule has 0 saturated heterocycles. The van der Waals surface area contributed by atoms with E-state index in [0.29, 0.717) is 44.6 Å². The number of nitrogens with zero attached hydrogens (tertiary/aromatic N) is 2. The molecule has 2 N–H and O–H groups in total. The van der Waals surface area contributed by atoms with Crippen LogP contribution in [0, 0.1) is 5.92 Å². The summed E-state index contributed by atoms with van der Waals surface area (Å²) in [4.78, 5) is 24.6. The first-order chi connectivity index (χ1) is 13.5. The Balaban J connectivity index is 1.71. The Morgan fingerprint density at radius 3 is 2.89 bits per heavy atom. The quantitative estimate of drug-likeness (QED) is 0.594. The van der Waals surface area contributed by atoms with Gasteiger partial charge in [0.15, 0.2) is 0 Å². The Bertz CT molecular complexity index is 858. The molecular formula is C21H31N3O3S. The van der Waals surface area contributed by atoms with Crippen LogP contribution in [-0.2, 0) is 24.1 Å². The molecule has 0 fully saturated rings. The van der Waals surface area contributed by atoms with Gasteiger partial charge in [0.05, 0.1) is 24.6 Å². The molecule has 1 aliphatic carbocycles. The van der Waals surface area contributed by atoms with Gasteiger partial charge in [-0.15, -0.1) is 17.9 Å². The highest BCUT2D eigenvalue weighted by Gasteiger charge is 2.20. The number of nitrogens with one attached hydrogen (secondary N) is 1. The van der Waals surface area contributed by atoms with Crippen LogP contribution in [0.4, 0.5) is 0 Å². The van der Waals surface area contributed by atoms with Crippen molar-refractivity contribution < 1.29 is 9.84 Å². The third kappa shape index (κ3) is 5.29. The molecule has 2 aromatic heterocycles. The second-order valence-corrected chi connectivity index (χ2v) is 9.06. The molecule has 3 rings (SSSR count). The summed E-state index contributed by atoms with van der Waals surface area (Å²) in [6.45, 7) is 10.4. The van der Waals surface area contributed by atoms with E-state index in [4.69, 9.17) is 9.72 Å². The number of ether oxygens (including phenoxy) is 1. The van der Waals surface area contributed by atoms with Gasteiger partial charge in [0.1, 0.15) is 10.7 Å². The van der Waals surface area contributed by atoms with Crippen LogP contribution < -0.4 is 5.56 Å². The van der Waals surface area contributed by atoms with Crippen molar-refractivity contribution in [3.05, 3.63) is 39.3 Å². The van der Waals surface area contributed by atoms with Crippen molar-refractivity contribution in [1.82, 2.24) is 14.9 Å². The van der Waals surface area contributed by atoms with Crippen molar-refractivity contribution in [1.29, 1.82) is 0 Å². The third-order valence-corrected chi connectivity index (χ3v) is 6.05. The van der Waals surface area contributed by atoms with Crippen molar-refractivity contribution in [2.75, 3.05) is 26.3 Å². The van der Waals surface area contributed by atoms with Gasteiger partial charge in [-0.3, -0.25) is 9.69 Å². The molecule has 0 aromatic carbocycles. The maximum atomic E-state index is 12.7. The molecule has 0 unspecified atom stereocenters. The number of aromatic amines is 1. The normalized spacial score (nSPS) is 15.3. The zero-order chi connectivity index (χ0) is 20.1. The van der Waals surface area contributed by atoms with Gasteiger partial charge in [0.25, 0.3) is 5.56 Å². The van der Waals surface area contributed by atoms with E-state index in [1.54, 1.807) is 17.4 Å². The molecule has 0 aliphatic heterocycles. The fourth-order valence-corrected chi connectivity index (χ4v) is 4.95. The molecule has 2 heterocycles. The van der Waals surface area contributed by atoms with Crippen LogP contribution >= 0.6 is 11.3 Å². The average Bonchev–Trinajstić information content (AvgIpc) is 3.00. The molecule has 7 heteroatoms. The van der Waals surface area contributed by atoms with Gasteiger partial charge in [0, 0.05) is 24.6 Å². The van der Waals surface area contributed by atoms with E-state index in [2.05, 4.69) is 25.4 Å². The van der Waals surface area contributed by atoms with Gasteiger partial charge in [-0.25, -0.2) is 4.98 Å². The summed E-state index contributed by atoms with van der Waals surface area (Å²) in [5, 5.41) is 11.1. The number of hydrogen-bond donors (Lipinski definition) is 2.